The first-order valence-corrected chi connectivity index (χ1v) is 5.41. The molecule has 0 saturated carbocycles. The Bertz CT molecular complexity index is 323. The second kappa shape index (κ2) is 6.66. The highest BCUT2D eigenvalue weighted by atomic mass is 79.9. The highest BCUT2D eigenvalue weighted by Crippen LogP contribution is 2.05. The van der Waals surface area contributed by atoms with Crippen LogP contribution in [0, 0.1) is 0 Å². The molecule has 1 aromatic carbocycles. The van der Waals surface area contributed by atoms with Gasteiger partial charge in [0.05, 0.1) is 6.04 Å². The molecular formula is C12H17BrN2O. The lowest BCUT2D eigenvalue weighted by molar-refractivity contribution is -0.122. The molecule has 1 aliphatic rings. The van der Waals surface area contributed by atoms with Gasteiger partial charge in [0.2, 0.25) is 5.91 Å². The van der Waals surface area contributed by atoms with Crippen LogP contribution in [0.3, 0.4) is 0 Å². The van der Waals surface area contributed by atoms with Crippen molar-refractivity contribution in [3.05, 3.63) is 35.9 Å². The van der Waals surface area contributed by atoms with E-state index in [2.05, 4.69) is 10.6 Å². The van der Waals surface area contributed by atoms with Crippen LogP contribution in [-0.4, -0.2) is 18.5 Å². The minimum atomic E-state index is 0. The second-order valence-electron chi connectivity index (χ2n) is 3.85. The molecule has 2 rings (SSSR count). The Balaban J connectivity index is 0.00000128. The van der Waals surface area contributed by atoms with E-state index in [9.17, 15) is 4.79 Å². The monoisotopic (exact) mass is 284 g/mol. The van der Waals surface area contributed by atoms with Gasteiger partial charge in [-0.25, -0.2) is 0 Å². The Kier molecular flexibility index (Phi) is 5.49. The fourth-order valence-electron chi connectivity index (χ4n) is 1.82. The molecular weight excluding hydrogens is 268 g/mol. The summed E-state index contributed by atoms with van der Waals surface area (Å²) in [5, 5.41) is 6.12. The average Bonchev–Trinajstić information content (AvgIpc) is 2.81. The summed E-state index contributed by atoms with van der Waals surface area (Å²) in [6.45, 7) is 1.58. The van der Waals surface area contributed by atoms with E-state index in [0.29, 0.717) is 6.54 Å². The van der Waals surface area contributed by atoms with Crippen molar-refractivity contribution in [3.8, 4) is 0 Å². The zero-order valence-corrected chi connectivity index (χ0v) is 10.8. The Hall–Kier alpha value is -0.870. The molecule has 1 aliphatic heterocycles. The van der Waals surface area contributed by atoms with Gasteiger partial charge in [-0.05, 0) is 24.9 Å². The predicted molar refractivity (Wildman–Crippen MR) is 69.6 cm³/mol. The van der Waals surface area contributed by atoms with E-state index in [4.69, 9.17) is 0 Å². The van der Waals surface area contributed by atoms with Crippen molar-refractivity contribution in [2.24, 2.45) is 0 Å². The van der Waals surface area contributed by atoms with Gasteiger partial charge in [-0.2, -0.15) is 0 Å². The minimum Gasteiger partial charge on any atom is -0.351 e. The molecule has 0 aliphatic carbocycles. The summed E-state index contributed by atoms with van der Waals surface area (Å²) in [4.78, 5) is 11.6. The summed E-state index contributed by atoms with van der Waals surface area (Å²) in [6, 6.07) is 9.99. The van der Waals surface area contributed by atoms with E-state index in [1.807, 2.05) is 30.3 Å². The molecule has 1 saturated heterocycles. The van der Waals surface area contributed by atoms with Crippen LogP contribution < -0.4 is 10.6 Å². The number of carbonyl (C=O) groups excluding carboxylic acids is 1. The molecule has 16 heavy (non-hydrogen) atoms. The number of benzene rings is 1. The maximum absolute atomic E-state index is 11.6. The Morgan fingerprint density at radius 3 is 2.75 bits per heavy atom. The van der Waals surface area contributed by atoms with E-state index >= 15 is 0 Å². The van der Waals surface area contributed by atoms with Gasteiger partial charge in [0.15, 0.2) is 0 Å². The van der Waals surface area contributed by atoms with Crippen molar-refractivity contribution in [2.75, 3.05) is 6.54 Å². The van der Waals surface area contributed by atoms with Crippen LogP contribution in [0.2, 0.25) is 0 Å². The topological polar surface area (TPSA) is 41.1 Å². The first-order chi connectivity index (χ1) is 7.36. The number of nitrogens with one attached hydrogen (secondary N) is 2. The molecule has 88 valence electrons. The van der Waals surface area contributed by atoms with E-state index < -0.39 is 0 Å². The molecule has 1 heterocycles. The smallest absolute Gasteiger partial charge is 0.237 e. The van der Waals surface area contributed by atoms with Crippen LogP contribution in [0.15, 0.2) is 30.3 Å². The van der Waals surface area contributed by atoms with Crippen LogP contribution in [0.25, 0.3) is 0 Å². The van der Waals surface area contributed by atoms with Gasteiger partial charge in [-0.3, -0.25) is 4.79 Å². The van der Waals surface area contributed by atoms with Crippen molar-refractivity contribution in [2.45, 2.75) is 25.4 Å². The number of hydrogen-bond donors (Lipinski definition) is 2. The molecule has 1 amide bonds. The van der Waals surface area contributed by atoms with Crippen molar-refractivity contribution in [3.63, 3.8) is 0 Å². The van der Waals surface area contributed by atoms with Crippen LogP contribution in [0.4, 0.5) is 0 Å². The molecule has 0 unspecified atom stereocenters. The lowest BCUT2D eigenvalue weighted by Crippen LogP contribution is -2.39. The number of rotatable bonds is 3. The fourth-order valence-corrected chi connectivity index (χ4v) is 1.82. The Labute approximate surface area is 106 Å². The summed E-state index contributed by atoms with van der Waals surface area (Å²) in [7, 11) is 0. The summed E-state index contributed by atoms with van der Waals surface area (Å²) in [6.07, 6.45) is 2.06. The van der Waals surface area contributed by atoms with Crippen LogP contribution in [-0.2, 0) is 11.3 Å². The first kappa shape index (κ1) is 13.2. The lowest BCUT2D eigenvalue weighted by Gasteiger charge is -2.10. The van der Waals surface area contributed by atoms with Crippen molar-refractivity contribution >= 4 is 22.9 Å². The molecule has 4 heteroatoms. The molecule has 3 nitrogen and oxygen atoms in total. The first-order valence-electron chi connectivity index (χ1n) is 5.41. The fraction of sp³-hybridized carbons (Fsp3) is 0.417. The molecule has 1 aromatic rings. The molecule has 0 aromatic heterocycles. The maximum Gasteiger partial charge on any atom is 0.237 e. The Morgan fingerprint density at radius 2 is 2.12 bits per heavy atom. The zero-order valence-electron chi connectivity index (χ0n) is 9.11. The quantitative estimate of drug-likeness (QED) is 0.886. The zero-order chi connectivity index (χ0) is 10.5. The number of halogens is 1. The normalized spacial score (nSPS) is 18.9. The third-order valence-corrected chi connectivity index (χ3v) is 2.69. The second-order valence-corrected chi connectivity index (χ2v) is 3.85. The van der Waals surface area contributed by atoms with Crippen LogP contribution in [0.1, 0.15) is 18.4 Å². The van der Waals surface area contributed by atoms with Crippen LogP contribution >= 0.6 is 17.0 Å². The molecule has 1 atom stereocenters. The number of amides is 1. The summed E-state index contributed by atoms with van der Waals surface area (Å²) in [5.41, 5.74) is 1.14. The van der Waals surface area contributed by atoms with Gasteiger partial charge in [0.1, 0.15) is 0 Å². The van der Waals surface area contributed by atoms with Gasteiger partial charge >= 0.3 is 0 Å². The predicted octanol–water partition coefficient (Wildman–Crippen LogP) is 1.63. The molecule has 0 bridgehead atoms. The van der Waals surface area contributed by atoms with Crippen molar-refractivity contribution in [1.29, 1.82) is 0 Å². The standard InChI is InChI=1S/C12H16N2O.BrH/c15-12(11-7-4-8-13-11)14-9-10-5-2-1-3-6-10;/h1-3,5-6,11,13H,4,7-9H2,(H,14,15);1H/t11-;/m0./s1. The summed E-state index contributed by atoms with van der Waals surface area (Å²) >= 11 is 0. The largest absolute Gasteiger partial charge is 0.351 e. The maximum atomic E-state index is 11.6. The third-order valence-electron chi connectivity index (χ3n) is 2.69. The highest BCUT2D eigenvalue weighted by Gasteiger charge is 2.21. The van der Waals surface area contributed by atoms with Gasteiger partial charge in [0.25, 0.3) is 0 Å². The van der Waals surface area contributed by atoms with E-state index in [1.165, 1.54) is 0 Å². The van der Waals surface area contributed by atoms with Gasteiger partial charge < -0.3 is 10.6 Å². The van der Waals surface area contributed by atoms with Gasteiger partial charge in [-0.1, -0.05) is 30.3 Å². The van der Waals surface area contributed by atoms with Gasteiger partial charge in [0, 0.05) is 6.54 Å². The number of hydrogen-bond acceptors (Lipinski definition) is 2. The number of carbonyl (C=O) groups is 1. The summed E-state index contributed by atoms with van der Waals surface area (Å²) < 4.78 is 0. The molecule has 0 spiro atoms. The van der Waals surface area contributed by atoms with Crippen molar-refractivity contribution in [1.82, 2.24) is 10.6 Å². The third kappa shape index (κ3) is 3.61. The van der Waals surface area contributed by atoms with E-state index in [-0.39, 0.29) is 28.9 Å². The molecule has 0 radical (unpaired) electrons. The molecule has 2 N–H and O–H groups in total. The average molecular weight is 285 g/mol. The highest BCUT2D eigenvalue weighted by molar-refractivity contribution is 8.93. The van der Waals surface area contributed by atoms with E-state index in [1.54, 1.807) is 0 Å². The van der Waals surface area contributed by atoms with Crippen molar-refractivity contribution < 1.29 is 4.79 Å². The van der Waals surface area contributed by atoms with Crippen LogP contribution in [0.5, 0.6) is 0 Å². The molecule has 1 fully saturated rings. The Morgan fingerprint density at radius 1 is 1.38 bits per heavy atom. The van der Waals surface area contributed by atoms with E-state index in [0.717, 1.165) is 24.9 Å². The van der Waals surface area contributed by atoms with Gasteiger partial charge in [-0.15, -0.1) is 17.0 Å². The minimum absolute atomic E-state index is 0. The SMILES string of the molecule is Br.O=C(NCc1ccccc1)[C@@H]1CCCN1. The lowest BCUT2D eigenvalue weighted by atomic mass is 10.2. The summed E-state index contributed by atoms with van der Waals surface area (Å²) in [5.74, 6) is 0.122.